The number of nitrogens with zero attached hydrogens (tertiary/aromatic N) is 4. The molecule has 0 N–H and O–H groups in total. The standard InChI is InChI=1S/C23H28N4S/c1-5-16-27-22(20-12-14-21(15-13-20)26(6-2)7-3)24-25-23(27)28-17-19-10-8-18(4)9-11-19/h5,8-15H,1,6-7,16-17H2,2-4H3. The van der Waals surface area contributed by atoms with Crippen molar-refractivity contribution in [2.24, 2.45) is 0 Å². The fraction of sp³-hybridized carbons (Fsp3) is 0.304. The number of benzene rings is 2. The zero-order chi connectivity index (χ0) is 19.9. The van der Waals surface area contributed by atoms with E-state index in [4.69, 9.17) is 0 Å². The van der Waals surface area contributed by atoms with Gasteiger partial charge in [0.15, 0.2) is 11.0 Å². The molecule has 0 spiro atoms. The largest absolute Gasteiger partial charge is 0.372 e. The quantitative estimate of drug-likeness (QED) is 0.352. The van der Waals surface area contributed by atoms with Crippen molar-refractivity contribution in [1.82, 2.24) is 14.8 Å². The van der Waals surface area contributed by atoms with Gasteiger partial charge in [0, 0.05) is 36.6 Å². The minimum absolute atomic E-state index is 0.691. The van der Waals surface area contributed by atoms with Gasteiger partial charge in [0.1, 0.15) is 0 Å². The highest BCUT2D eigenvalue weighted by molar-refractivity contribution is 7.98. The van der Waals surface area contributed by atoms with Gasteiger partial charge in [0.25, 0.3) is 0 Å². The number of thioether (sulfide) groups is 1. The maximum Gasteiger partial charge on any atom is 0.192 e. The number of allylic oxidation sites excluding steroid dienone is 1. The van der Waals surface area contributed by atoms with Gasteiger partial charge in [-0.1, -0.05) is 47.7 Å². The van der Waals surface area contributed by atoms with Crippen molar-refractivity contribution in [3.8, 4) is 11.4 Å². The van der Waals surface area contributed by atoms with Crippen LogP contribution in [0.4, 0.5) is 5.69 Å². The zero-order valence-electron chi connectivity index (χ0n) is 16.9. The molecule has 0 radical (unpaired) electrons. The number of aryl methyl sites for hydroxylation is 1. The molecule has 3 rings (SSSR count). The number of hydrogen-bond donors (Lipinski definition) is 0. The summed E-state index contributed by atoms with van der Waals surface area (Å²) in [6.45, 7) is 13.1. The average molecular weight is 393 g/mol. The molecule has 0 saturated carbocycles. The molecule has 0 bridgehead atoms. The third-order valence-electron chi connectivity index (χ3n) is 4.77. The first-order chi connectivity index (χ1) is 13.7. The van der Waals surface area contributed by atoms with Crippen molar-refractivity contribution in [1.29, 1.82) is 0 Å². The van der Waals surface area contributed by atoms with E-state index in [1.165, 1.54) is 16.8 Å². The predicted octanol–water partition coefficient (Wildman–Crippen LogP) is 5.58. The van der Waals surface area contributed by atoms with Crippen LogP contribution in [0.5, 0.6) is 0 Å². The molecule has 4 nitrogen and oxygen atoms in total. The minimum atomic E-state index is 0.691. The van der Waals surface area contributed by atoms with Crippen LogP contribution in [0.15, 0.2) is 66.3 Å². The van der Waals surface area contributed by atoms with E-state index in [0.717, 1.165) is 35.4 Å². The maximum atomic E-state index is 4.48. The lowest BCUT2D eigenvalue weighted by Gasteiger charge is -2.21. The van der Waals surface area contributed by atoms with E-state index in [0.29, 0.717) is 6.54 Å². The Hall–Kier alpha value is -2.53. The summed E-state index contributed by atoms with van der Waals surface area (Å²) in [4.78, 5) is 2.33. The SMILES string of the molecule is C=CCn1c(SCc2ccc(C)cc2)nnc1-c1ccc(N(CC)CC)cc1. The monoisotopic (exact) mass is 392 g/mol. The Labute approximate surface area is 172 Å². The van der Waals surface area contributed by atoms with Crippen LogP contribution in [0, 0.1) is 6.92 Å². The molecule has 146 valence electrons. The molecule has 1 heterocycles. The van der Waals surface area contributed by atoms with E-state index >= 15 is 0 Å². The van der Waals surface area contributed by atoms with Gasteiger partial charge >= 0.3 is 0 Å². The van der Waals surface area contributed by atoms with E-state index in [9.17, 15) is 0 Å². The van der Waals surface area contributed by atoms with Crippen molar-refractivity contribution in [2.45, 2.75) is 38.2 Å². The van der Waals surface area contributed by atoms with Crippen LogP contribution >= 0.6 is 11.8 Å². The molecule has 0 fully saturated rings. The van der Waals surface area contributed by atoms with Gasteiger partial charge in [-0.3, -0.25) is 4.57 Å². The highest BCUT2D eigenvalue weighted by Crippen LogP contribution is 2.28. The zero-order valence-corrected chi connectivity index (χ0v) is 17.7. The summed E-state index contributed by atoms with van der Waals surface area (Å²) in [6.07, 6.45) is 1.90. The van der Waals surface area contributed by atoms with Crippen molar-refractivity contribution in [3.63, 3.8) is 0 Å². The Morgan fingerprint density at radius 1 is 1.00 bits per heavy atom. The molecular formula is C23H28N4S. The van der Waals surface area contributed by atoms with E-state index in [-0.39, 0.29) is 0 Å². The van der Waals surface area contributed by atoms with Gasteiger partial charge in [-0.25, -0.2) is 0 Å². The molecule has 28 heavy (non-hydrogen) atoms. The highest BCUT2D eigenvalue weighted by Gasteiger charge is 2.14. The van der Waals surface area contributed by atoms with Gasteiger partial charge < -0.3 is 4.90 Å². The van der Waals surface area contributed by atoms with Crippen LogP contribution in [0.2, 0.25) is 0 Å². The normalized spacial score (nSPS) is 10.8. The number of aromatic nitrogens is 3. The van der Waals surface area contributed by atoms with E-state index < -0.39 is 0 Å². The summed E-state index contributed by atoms with van der Waals surface area (Å²) in [6, 6.07) is 17.2. The smallest absolute Gasteiger partial charge is 0.192 e. The molecule has 0 aliphatic heterocycles. The van der Waals surface area contributed by atoms with Crippen LogP contribution in [-0.2, 0) is 12.3 Å². The topological polar surface area (TPSA) is 34.0 Å². The van der Waals surface area contributed by atoms with Gasteiger partial charge in [0.05, 0.1) is 0 Å². The molecule has 0 aliphatic rings. The molecule has 5 heteroatoms. The van der Waals surface area contributed by atoms with Crippen LogP contribution in [0.25, 0.3) is 11.4 Å². The van der Waals surface area contributed by atoms with Crippen LogP contribution in [-0.4, -0.2) is 27.9 Å². The lowest BCUT2D eigenvalue weighted by atomic mass is 10.2. The average Bonchev–Trinajstić information content (AvgIpc) is 3.12. The number of anilines is 1. The summed E-state index contributed by atoms with van der Waals surface area (Å²) >= 11 is 1.71. The van der Waals surface area contributed by atoms with Gasteiger partial charge in [0.2, 0.25) is 0 Å². The highest BCUT2D eigenvalue weighted by atomic mass is 32.2. The second kappa shape index (κ2) is 9.60. The third kappa shape index (κ3) is 4.65. The Bertz CT molecular complexity index is 893. The van der Waals surface area contributed by atoms with Crippen LogP contribution in [0.1, 0.15) is 25.0 Å². The molecule has 3 aromatic rings. The fourth-order valence-electron chi connectivity index (χ4n) is 3.14. The second-order valence-corrected chi connectivity index (χ2v) is 7.64. The van der Waals surface area contributed by atoms with Crippen molar-refractivity contribution in [3.05, 3.63) is 72.3 Å². The van der Waals surface area contributed by atoms with Crippen molar-refractivity contribution < 1.29 is 0 Å². The van der Waals surface area contributed by atoms with Gasteiger partial charge in [-0.15, -0.1) is 16.8 Å². The van der Waals surface area contributed by atoms with E-state index in [1.54, 1.807) is 11.8 Å². The first kappa shape index (κ1) is 20.2. The number of rotatable bonds is 9. The lowest BCUT2D eigenvalue weighted by molar-refractivity contribution is 0.731. The van der Waals surface area contributed by atoms with E-state index in [1.807, 2.05) is 6.08 Å². The number of hydrogen-bond acceptors (Lipinski definition) is 4. The Kier molecular flexibility index (Phi) is 6.93. The molecule has 0 saturated heterocycles. The second-order valence-electron chi connectivity index (χ2n) is 6.70. The van der Waals surface area contributed by atoms with Crippen LogP contribution < -0.4 is 4.90 Å². The summed E-state index contributed by atoms with van der Waals surface area (Å²) < 4.78 is 2.14. The Morgan fingerprint density at radius 3 is 2.29 bits per heavy atom. The summed E-state index contributed by atoms with van der Waals surface area (Å²) in [7, 11) is 0. The molecule has 1 aromatic heterocycles. The van der Waals surface area contributed by atoms with Crippen molar-refractivity contribution >= 4 is 17.4 Å². The predicted molar refractivity (Wildman–Crippen MR) is 120 cm³/mol. The van der Waals surface area contributed by atoms with Gasteiger partial charge in [-0.2, -0.15) is 0 Å². The van der Waals surface area contributed by atoms with Crippen molar-refractivity contribution in [2.75, 3.05) is 18.0 Å². The summed E-state index contributed by atoms with van der Waals surface area (Å²) in [5.74, 6) is 1.76. The molecule has 0 amide bonds. The fourth-order valence-corrected chi connectivity index (χ4v) is 4.05. The van der Waals surface area contributed by atoms with Crippen LogP contribution in [0.3, 0.4) is 0 Å². The maximum absolute atomic E-state index is 4.48. The first-order valence-electron chi connectivity index (χ1n) is 9.74. The molecular weight excluding hydrogens is 364 g/mol. The minimum Gasteiger partial charge on any atom is -0.372 e. The first-order valence-corrected chi connectivity index (χ1v) is 10.7. The summed E-state index contributed by atoms with van der Waals surface area (Å²) in [5, 5.41) is 9.85. The molecule has 0 unspecified atom stereocenters. The third-order valence-corrected chi connectivity index (χ3v) is 5.81. The molecule has 2 aromatic carbocycles. The molecule has 0 atom stereocenters. The van der Waals surface area contributed by atoms with Gasteiger partial charge in [-0.05, 0) is 50.6 Å². The van der Waals surface area contributed by atoms with E-state index in [2.05, 4.69) is 95.5 Å². The molecule has 0 aliphatic carbocycles. The lowest BCUT2D eigenvalue weighted by Crippen LogP contribution is -2.21. The Balaban J connectivity index is 1.81. The summed E-state index contributed by atoms with van der Waals surface area (Å²) in [5.41, 5.74) is 4.87. The Morgan fingerprint density at radius 2 is 1.68 bits per heavy atom.